The molecule has 0 amide bonds. The third-order valence-corrected chi connectivity index (χ3v) is 10.3. The van der Waals surface area contributed by atoms with Gasteiger partial charge in [-0.3, -0.25) is 4.79 Å². The number of esters is 1. The molecular weight excluding hydrogens is 404 g/mol. The van der Waals surface area contributed by atoms with E-state index in [1.54, 1.807) is 0 Å². The van der Waals surface area contributed by atoms with E-state index in [-0.39, 0.29) is 34.7 Å². The fourth-order valence-corrected chi connectivity index (χ4v) is 8.05. The molecule has 33 heavy (non-hydrogen) atoms. The molecule has 0 radical (unpaired) electrons. The van der Waals surface area contributed by atoms with Crippen molar-refractivity contribution in [1.29, 1.82) is 0 Å². The number of unbranched alkanes of at least 4 members (excludes halogenated alkanes) is 2. The van der Waals surface area contributed by atoms with E-state index in [0.29, 0.717) is 11.8 Å². The first-order chi connectivity index (χ1) is 15.9. The zero-order chi connectivity index (χ0) is 23.2. The Morgan fingerprint density at radius 1 is 1.00 bits per heavy atom. The number of benzene rings is 2. The molecule has 2 bridgehead atoms. The molecule has 0 aliphatic heterocycles. The van der Waals surface area contributed by atoms with Crippen LogP contribution in [-0.4, -0.2) is 12.1 Å². The van der Waals surface area contributed by atoms with Gasteiger partial charge >= 0.3 is 5.97 Å². The second-order valence-electron chi connectivity index (χ2n) is 12.0. The smallest absolute Gasteiger partial charge is 0.309 e. The number of fused-ring (bicyclic) bond motifs is 3. The largest absolute Gasteiger partial charge is 0.461 e. The molecule has 0 spiro atoms. The van der Waals surface area contributed by atoms with Gasteiger partial charge < -0.3 is 4.74 Å². The summed E-state index contributed by atoms with van der Waals surface area (Å²) in [4.78, 5) is 13.7. The van der Waals surface area contributed by atoms with Gasteiger partial charge in [-0.2, -0.15) is 0 Å². The third kappa shape index (κ3) is 3.63. The van der Waals surface area contributed by atoms with E-state index in [9.17, 15) is 4.79 Å². The molecule has 3 aliphatic carbocycles. The first kappa shape index (κ1) is 22.9. The average molecular weight is 447 g/mol. The number of ether oxygens (including phenoxy) is 1. The second kappa shape index (κ2) is 8.75. The summed E-state index contributed by atoms with van der Waals surface area (Å²) in [7, 11) is 0. The van der Waals surface area contributed by atoms with Crippen LogP contribution >= 0.6 is 0 Å². The quantitative estimate of drug-likeness (QED) is 0.316. The number of hydrogen-bond acceptors (Lipinski definition) is 2. The van der Waals surface area contributed by atoms with Crippen LogP contribution in [0.3, 0.4) is 0 Å². The Kier molecular flexibility index (Phi) is 6.08. The molecule has 0 unspecified atom stereocenters. The Morgan fingerprint density at radius 3 is 2.61 bits per heavy atom. The molecule has 2 heteroatoms. The van der Waals surface area contributed by atoms with Gasteiger partial charge in [0, 0.05) is 11.8 Å². The van der Waals surface area contributed by atoms with Gasteiger partial charge in [0.1, 0.15) is 6.10 Å². The lowest BCUT2D eigenvalue weighted by Gasteiger charge is -2.41. The number of hydrogen-bond donors (Lipinski definition) is 0. The first-order valence-electron chi connectivity index (χ1n) is 13.6. The molecule has 178 valence electrons. The summed E-state index contributed by atoms with van der Waals surface area (Å²) >= 11 is 0. The summed E-state index contributed by atoms with van der Waals surface area (Å²) in [5.41, 5.74) is 1.69. The van der Waals surface area contributed by atoms with Crippen molar-refractivity contribution in [3.8, 4) is 0 Å². The van der Waals surface area contributed by atoms with Gasteiger partial charge in [-0.05, 0) is 65.2 Å². The lowest BCUT2D eigenvalue weighted by Crippen LogP contribution is -2.37. The molecule has 3 saturated carbocycles. The van der Waals surface area contributed by atoms with Crippen molar-refractivity contribution in [2.24, 2.45) is 28.6 Å². The highest BCUT2D eigenvalue weighted by Gasteiger charge is 2.68. The van der Waals surface area contributed by atoms with Crippen LogP contribution in [0.4, 0.5) is 0 Å². The van der Waals surface area contributed by atoms with Crippen molar-refractivity contribution in [3.63, 3.8) is 0 Å². The predicted molar refractivity (Wildman–Crippen MR) is 136 cm³/mol. The van der Waals surface area contributed by atoms with Gasteiger partial charge in [0.2, 0.25) is 0 Å². The lowest BCUT2D eigenvalue weighted by atomic mass is 9.64. The van der Waals surface area contributed by atoms with Gasteiger partial charge in [-0.25, -0.2) is 0 Å². The number of carbonyl (C=O) groups is 1. The lowest BCUT2D eigenvalue weighted by molar-refractivity contribution is -0.160. The normalized spacial score (nSPS) is 34.7. The molecule has 2 nitrogen and oxygen atoms in total. The molecule has 2 aromatic rings. The maximum Gasteiger partial charge on any atom is 0.309 e. The van der Waals surface area contributed by atoms with Crippen LogP contribution in [0.25, 0.3) is 10.8 Å². The van der Waals surface area contributed by atoms with E-state index in [4.69, 9.17) is 4.74 Å². The molecule has 0 N–H and O–H groups in total. The van der Waals surface area contributed by atoms with E-state index < -0.39 is 0 Å². The molecule has 6 atom stereocenters. The van der Waals surface area contributed by atoms with Gasteiger partial charge in [0.25, 0.3) is 0 Å². The molecule has 0 heterocycles. The van der Waals surface area contributed by atoms with Gasteiger partial charge in [-0.15, -0.1) is 0 Å². The van der Waals surface area contributed by atoms with Crippen LogP contribution < -0.4 is 0 Å². The van der Waals surface area contributed by atoms with Crippen molar-refractivity contribution >= 4 is 16.7 Å². The fraction of sp³-hybridized carbons (Fsp3) is 0.645. The Balaban J connectivity index is 1.46. The molecule has 0 aromatic heterocycles. The summed E-state index contributed by atoms with van der Waals surface area (Å²) in [5.74, 6) is 1.46. The van der Waals surface area contributed by atoms with Crippen molar-refractivity contribution < 1.29 is 9.53 Å². The van der Waals surface area contributed by atoms with Gasteiger partial charge in [0.05, 0.1) is 5.92 Å². The van der Waals surface area contributed by atoms with Crippen molar-refractivity contribution in [3.05, 3.63) is 48.0 Å². The highest BCUT2D eigenvalue weighted by Crippen LogP contribution is 2.72. The molecule has 3 aliphatic rings. The molecule has 3 fully saturated rings. The topological polar surface area (TPSA) is 26.3 Å². The summed E-state index contributed by atoms with van der Waals surface area (Å²) in [6.07, 6.45) is 10.8. The molecular formula is C31H42O2. The zero-order valence-electron chi connectivity index (χ0n) is 21.1. The molecule has 2 aromatic carbocycles. The summed E-state index contributed by atoms with van der Waals surface area (Å²) in [6, 6.07) is 15.4. The minimum atomic E-state index is -0.00560. The van der Waals surface area contributed by atoms with E-state index in [0.717, 1.165) is 6.42 Å². The van der Waals surface area contributed by atoms with Crippen LogP contribution in [0.5, 0.6) is 0 Å². The average Bonchev–Trinajstić information content (AvgIpc) is 3.40. The van der Waals surface area contributed by atoms with Crippen molar-refractivity contribution in [2.45, 2.75) is 97.5 Å². The predicted octanol–water partition coefficient (Wildman–Crippen LogP) is 8.29. The van der Waals surface area contributed by atoms with Gasteiger partial charge in [-0.1, -0.05) is 95.8 Å². The SMILES string of the molecule is CCCCC[C@@H]1CCC[C@H]1C(=O)O[C@@H]1[C@H]2CC[C@@](C)([C@@H]1c1cccc3ccccc13)C2(C)C. The minimum Gasteiger partial charge on any atom is -0.461 e. The van der Waals surface area contributed by atoms with E-state index >= 15 is 0 Å². The van der Waals surface area contributed by atoms with Crippen LogP contribution in [0.1, 0.15) is 97.0 Å². The number of carbonyl (C=O) groups excluding carboxylic acids is 1. The monoisotopic (exact) mass is 446 g/mol. The highest BCUT2D eigenvalue weighted by atomic mass is 16.5. The maximum absolute atomic E-state index is 13.7. The van der Waals surface area contributed by atoms with E-state index in [1.807, 2.05) is 0 Å². The summed E-state index contributed by atoms with van der Waals surface area (Å²) < 4.78 is 6.64. The Hall–Kier alpha value is -1.83. The molecule has 0 saturated heterocycles. The fourth-order valence-electron chi connectivity index (χ4n) is 8.05. The highest BCUT2D eigenvalue weighted by molar-refractivity contribution is 5.86. The third-order valence-electron chi connectivity index (χ3n) is 10.3. The van der Waals surface area contributed by atoms with E-state index in [1.165, 1.54) is 67.7 Å². The van der Waals surface area contributed by atoms with Crippen molar-refractivity contribution in [1.82, 2.24) is 0 Å². The minimum absolute atomic E-state index is 0.00560. The Morgan fingerprint density at radius 2 is 1.79 bits per heavy atom. The second-order valence-corrected chi connectivity index (χ2v) is 12.0. The summed E-state index contributed by atoms with van der Waals surface area (Å²) in [6.45, 7) is 9.58. The first-order valence-corrected chi connectivity index (χ1v) is 13.6. The van der Waals surface area contributed by atoms with Crippen LogP contribution in [0, 0.1) is 28.6 Å². The standard InChI is InChI=1S/C31H42O2/c1-5-6-7-12-22-15-10-17-24(22)29(32)33-28-26-19-20-31(4,30(26,2)3)27(28)25-18-11-14-21-13-8-9-16-23(21)25/h8-9,11,13-14,16,18,22,24,26-28H,5-7,10,12,15,17,19-20H2,1-4H3/t22-,24-,26-,27-,28-,31+/m1/s1. The number of rotatable bonds is 7. The summed E-state index contributed by atoms with van der Waals surface area (Å²) in [5, 5.41) is 2.62. The maximum atomic E-state index is 13.7. The Labute approximate surface area is 200 Å². The zero-order valence-corrected chi connectivity index (χ0v) is 21.1. The Bertz CT molecular complexity index is 1000. The van der Waals surface area contributed by atoms with E-state index in [2.05, 4.69) is 70.2 Å². The van der Waals surface area contributed by atoms with Crippen LogP contribution in [0.15, 0.2) is 42.5 Å². The van der Waals surface area contributed by atoms with Crippen molar-refractivity contribution in [2.75, 3.05) is 0 Å². The van der Waals surface area contributed by atoms with Gasteiger partial charge in [0.15, 0.2) is 0 Å². The van der Waals surface area contributed by atoms with Crippen LogP contribution in [0.2, 0.25) is 0 Å². The molecule has 5 rings (SSSR count). The van der Waals surface area contributed by atoms with Crippen LogP contribution in [-0.2, 0) is 9.53 Å².